The Bertz CT molecular complexity index is 755. The number of rotatable bonds is 1. The molecule has 5 nitrogen and oxygen atoms in total. The van der Waals surface area contributed by atoms with Gasteiger partial charge in [0, 0.05) is 12.2 Å². The van der Waals surface area contributed by atoms with Crippen molar-refractivity contribution in [3.63, 3.8) is 0 Å². The predicted molar refractivity (Wildman–Crippen MR) is 84.0 cm³/mol. The van der Waals surface area contributed by atoms with E-state index >= 15 is 0 Å². The molecule has 2 aromatic carbocycles. The largest absolute Gasteiger partial charge is 0.506 e. The van der Waals surface area contributed by atoms with Gasteiger partial charge in [0.05, 0.1) is 5.69 Å². The highest BCUT2D eigenvalue weighted by atomic mass is 16.3. The van der Waals surface area contributed by atoms with E-state index in [1.165, 1.54) is 11.0 Å². The van der Waals surface area contributed by atoms with E-state index < -0.39 is 11.8 Å². The first-order valence-corrected chi connectivity index (χ1v) is 7.06. The van der Waals surface area contributed by atoms with Crippen LogP contribution in [0.25, 0.3) is 0 Å². The fourth-order valence-electron chi connectivity index (χ4n) is 2.59. The van der Waals surface area contributed by atoms with Crippen molar-refractivity contribution in [3.05, 3.63) is 53.6 Å². The molecular weight excluding hydrogens is 280 g/mol. The molecule has 0 spiro atoms. The van der Waals surface area contributed by atoms with Crippen LogP contribution in [0, 0.1) is 6.92 Å². The Kier molecular flexibility index (Phi) is 3.55. The molecule has 1 heterocycles. The summed E-state index contributed by atoms with van der Waals surface area (Å²) in [4.78, 5) is 25.9. The molecule has 22 heavy (non-hydrogen) atoms. The molecule has 0 atom stereocenters. The summed E-state index contributed by atoms with van der Waals surface area (Å²) in [5.74, 6) is -1.43. The number of carbonyl (C=O) groups is 2. The normalized spacial score (nSPS) is 12.9. The number of hydrogen-bond donors (Lipinski definition) is 2. The number of aromatic hydroxyl groups is 1. The topological polar surface area (TPSA) is 69.6 Å². The van der Waals surface area contributed by atoms with Gasteiger partial charge in [-0.05, 0) is 42.7 Å². The van der Waals surface area contributed by atoms with Crippen molar-refractivity contribution in [2.75, 3.05) is 16.8 Å². The maximum atomic E-state index is 12.3. The summed E-state index contributed by atoms with van der Waals surface area (Å²) in [6, 6.07) is 12.4. The molecule has 1 aliphatic heterocycles. The molecule has 3 rings (SSSR count). The Morgan fingerprint density at radius 1 is 1.18 bits per heavy atom. The fraction of sp³-hybridized carbons (Fsp3) is 0.176. The van der Waals surface area contributed by atoms with E-state index in [2.05, 4.69) is 5.32 Å². The minimum Gasteiger partial charge on any atom is -0.506 e. The predicted octanol–water partition coefficient (Wildman–Crippen LogP) is 2.23. The van der Waals surface area contributed by atoms with Gasteiger partial charge in [-0.15, -0.1) is 0 Å². The molecule has 0 saturated heterocycles. The molecule has 0 aromatic heterocycles. The third kappa shape index (κ3) is 2.53. The Morgan fingerprint density at radius 3 is 2.73 bits per heavy atom. The first-order valence-electron chi connectivity index (χ1n) is 7.06. The van der Waals surface area contributed by atoms with Crippen LogP contribution >= 0.6 is 0 Å². The first kappa shape index (κ1) is 14.1. The number of amides is 2. The molecule has 0 radical (unpaired) electrons. The van der Waals surface area contributed by atoms with Crippen molar-refractivity contribution in [1.29, 1.82) is 0 Å². The van der Waals surface area contributed by atoms with Crippen LogP contribution in [0.1, 0.15) is 11.1 Å². The SMILES string of the molecule is Cc1ccc(NC(=O)C(=O)N2CCc3ccccc32)c(O)c1. The lowest BCUT2D eigenvalue weighted by molar-refractivity contribution is -0.134. The van der Waals surface area contributed by atoms with Crippen LogP contribution in [0.4, 0.5) is 11.4 Å². The van der Waals surface area contributed by atoms with Crippen molar-refractivity contribution in [1.82, 2.24) is 0 Å². The highest BCUT2D eigenvalue weighted by Gasteiger charge is 2.29. The first-order chi connectivity index (χ1) is 10.6. The number of carbonyl (C=O) groups excluding carboxylic acids is 2. The van der Waals surface area contributed by atoms with Gasteiger partial charge in [0.25, 0.3) is 0 Å². The van der Waals surface area contributed by atoms with Gasteiger partial charge in [-0.2, -0.15) is 0 Å². The number of phenols is 1. The van der Waals surface area contributed by atoms with Crippen molar-refractivity contribution >= 4 is 23.2 Å². The minimum atomic E-state index is -0.754. The third-order valence-corrected chi connectivity index (χ3v) is 3.73. The lowest BCUT2D eigenvalue weighted by Gasteiger charge is -2.17. The van der Waals surface area contributed by atoms with E-state index in [1.54, 1.807) is 12.1 Å². The molecule has 2 N–H and O–H groups in total. The van der Waals surface area contributed by atoms with Crippen LogP contribution in [0.3, 0.4) is 0 Å². The van der Waals surface area contributed by atoms with Gasteiger partial charge in [-0.25, -0.2) is 0 Å². The number of phenolic OH excluding ortho intramolecular Hbond substituents is 1. The molecule has 2 amide bonds. The summed E-state index contributed by atoms with van der Waals surface area (Å²) in [7, 11) is 0. The summed E-state index contributed by atoms with van der Waals surface area (Å²) in [5.41, 5.74) is 2.93. The lowest BCUT2D eigenvalue weighted by Crippen LogP contribution is -2.38. The average Bonchev–Trinajstić information content (AvgIpc) is 2.93. The highest BCUT2D eigenvalue weighted by molar-refractivity contribution is 6.44. The molecule has 1 aliphatic rings. The van der Waals surface area contributed by atoms with Gasteiger partial charge in [0.15, 0.2) is 0 Å². The Balaban J connectivity index is 1.77. The molecule has 0 aliphatic carbocycles. The van der Waals surface area contributed by atoms with Crippen LogP contribution in [-0.2, 0) is 16.0 Å². The summed E-state index contributed by atoms with van der Waals surface area (Å²) in [5, 5.41) is 12.3. The number of nitrogens with zero attached hydrogens (tertiary/aromatic N) is 1. The molecule has 2 aromatic rings. The average molecular weight is 296 g/mol. The smallest absolute Gasteiger partial charge is 0.316 e. The van der Waals surface area contributed by atoms with Crippen molar-refractivity contribution < 1.29 is 14.7 Å². The molecular formula is C17H16N2O3. The Hall–Kier alpha value is -2.82. The number of hydrogen-bond acceptors (Lipinski definition) is 3. The number of benzene rings is 2. The highest BCUT2D eigenvalue weighted by Crippen LogP contribution is 2.28. The molecule has 0 fully saturated rings. The van der Waals surface area contributed by atoms with Crippen molar-refractivity contribution in [2.45, 2.75) is 13.3 Å². The van der Waals surface area contributed by atoms with Crippen LogP contribution in [0.5, 0.6) is 5.75 Å². The molecule has 0 unspecified atom stereocenters. The van der Waals surface area contributed by atoms with Gasteiger partial charge < -0.3 is 15.3 Å². The van der Waals surface area contributed by atoms with Gasteiger partial charge in [0.2, 0.25) is 0 Å². The quantitative estimate of drug-likeness (QED) is 0.626. The summed E-state index contributed by atoms with van der Waals surface area (Å²) in [6.07, 6.45) is 0.741. The number of anilines is 2. The molecule has 5 heteroatoms. The van der Waals surface area contributed by atoms with Gasteiger partial charge in [-0.1, -0.05) is 24.3 Å². The van der Waals surface area contributed by atoms with Gasteiger partial charge in [-0.3, -0.25) is 9.59 Å². The zero-order valence-corrected chi connectivity index (χ0v) is 12.2. The van der Waals surface area contributed by atoms with Gasteiger partial charge >= 0.3 is 11.8 Å². The number of aryl methyl sites for hydroxylation is 1. The van der Waals surface area contributed by atoms with Crippen LogP contribution in [0.2, 0.25) is 0 Å². The fourth-order valence-corrected chi connectivity index (χ4v) is 2.59. The zero-order valence-electron chi connectivity index (χ0n) is 12.2. The van der Waals surface area contributed by atoms with E-state index in [0.717, 1.165) is 23.2 Å². The third-order valence-electron chi connectivity index (χ3n) is 3.73. The summed E-state index contributed by atoms with van der Waals surface area (Å²) >= 11 is 0. The van der Waals surface area contributed by atoms with Crippen LogP contribution < -0.4 is 10.2 Å². The second-order valence-corrected chi connectivity index (χ2v) is 5.31. The molecule has 0 saturated carbocycles. The van der Waals surface area contributed by atoms with Gasteiger partial charge in [0.1, 0.15) is 5.75 Å². The second kappa shape index (κ2) is 5.52. The van der Waals surface area contributed by atoms with Crippen LogP contribution in [-0.4, -0.2) is 23.5 Å². The van der Waals surface area contributed by atoms with E-state index in [0.29, 0.717) is 6.54 Å². The monoisotopic (exact) mass is 296 g/mol. The second-order valence-electron chi connectivity index (χ2n) is 5.31. The van der Waals surface area contributed by atoms with Crippen molar-refractivity contribution in [2.24, 2.45) is 0 Å². The standard InChI is InChI=1S/C17H16N2O3/c1-11-6-7-13(15(20)10-11)18-16(21)17(22)19-9-8-12-4-2-3-5-14(12)19/h2-7,10,20H,8-9H2,1H3,(H,18,21). The van der Waals surface area contributed by atoms with E-state index in [-0.39, 0.29) is 11.4 Å². The molecule has 112 valence electrons. The van der Waals surface area contributed by atoms with E-state index in [9.17, 15) is 14.7 Å². The minimum absolute atomic E-state index is 0.0528. The maximum Gasteiger partial charge on any atom is 0.316 e. The Morgan fingerprint density at radius 2 is 1.95 bits per heavy atom. The van der Waals surface area contributed by atoms with Crippen molar-refractivity contribution in [3.8, 4) is 5.75 Å². The molecule has 0 bridgehead atoms. The summed E-state index contributed by atoms with van der Waals surface area (Å²) < 4.78 is 0. The lowest BCUT2D eigenvalue weighted by atomic mass is 10.2. The maximum absolute atomic E-state index is 12.3. The van der Waals surface area contributed by atoms with E-state index in [4.69, 9.17) is 0 Å². The summed E-state index contributed by atoms with van der Waals surface area (Å²) in [6.45, 7) is 2.32. The number of nitrogens with one attached hydrogen (secondary N) is 1. The number of para-hydroxylation sites is 1. The number of fused-ring (bicyclic) bond motifs is 1. The zero-order chi connectivity index (χ0) is 15.7. The van der Waals surface area contributed by atoms with E-state index in [1.807, 2.05) is 31.2 Å². The van der Waals surface area contributed by atoms with Crippen LogP contribution in [0.15, 0.2) is 42.5 Å². The Labute approximate surface area is 128 Å².